The summed E-state index contributed by atoms with van der Waals surface area (Å²) in [5.74, 6) is 0.282. The number of thioether (sulfide) groups is 1. The Balaban J connectivity index is 1.44. The van der Waals surface area contributed by atoms with E-state index >= 15 is 0 Å². The number of carbonyl (C=O) groups is 3. The maximum absolute atomic E-state index is 13.3. The lowest BCUT2D eigenvalue weighted by Gasteiger charge is -2.70. The van der Waals surface area contributed by atoms with Gasteiger partial charge in [-0.2, -0.15) is 11.8 Å². The fourth-order valence-electron chi connectivity index (χ4n) is 9.67. The molecule has 0 heterocycles. The van der Waals surface area contributed by atoms with Gasteiger partial charge in [0.05, 0.1) is 7.11 Å². The van der Waals surface area contributed by atoms with Gasteiger partial charge in [0.1, 0.15) is 6.04 Å². The molecule has 5 aliphatic carbocycles. The molecule has 0 unspecified atom stereocenters. The molecule has 0 saturated heterocycles. The highest BCUT2D eigenvalue weighted by Gasteiger charge is 2.66. The molecular formula is C35H50N2O5S. The third kappa shape index (κ3) is 4.90. The van der Waals surface area contributed by atoms with Gasteiger partial charge < -0.3 is 20.5 Å². The summed E-state index contributed by atoms with van der Waals surface area (Å²) in [6.45, 7) is 13.7. The smallest absolute Gasteiger partial charge is 0.328 e. The van der Waals surface area contributed by atoms with E-state index in [2.05, 4.69) is 57.4 Å². The largest absolute Gasteiger partial charge is 0.504 e. The van der Waals surface area contributed by atoms with Crippen LogP contribution in [0.3, 0.4) is 0 Å². The average molecular weight is 611 g/mol. The quantitative estimate of drug-likeness (QED) is 0.281. The number of ether oxygens (including phenoxy) is 1. The van der Waals surface area contributed by atoms with E-state index in [1.807, 2.05) is 13.2 Å². The Morgan fingerprint density at radius 2 is 1.77 bits per heavy atom. The first kappa shape index (κ1) is 31.9. The van der Waals surface area contributed by atoms with Crippen LogP contribution >= 0.6 is 11.8 Å². The van der Waals surface area contributed by atoms with Gasteiger partial charge in [0.25, 0.3) is 0 Å². The van der Waals surface area contributed by atoms with E-state index in [4.69, 9.17) is 4.74 Å². The van der Waals surface area contributed by atoms with E-state index in [-0.39, 0.29) is 39.2 Å². The van der Waals surface area contributed by atoms with Crippen molar-refractivity contribution in [3.63, 3.8) is 0 Å². The van der Waals surface area contributed by atoms with Crippen molar-refractivity contribution in [1.82, 2.24) is 10.6 Å². The second-order valence-corrected chi connectivity index (χ2v) is 16.1. The Bertz CT molecular complexity index is 1360. The number of hydrogen-bond donors (Lipinski definition) is 3. The van der Waals surface area contributed by atoms with E-state index in [9.17, 15) is 19.5 Å². The number of hydrogen-bond acceptors (Lipinski definition) is 6. The van der Waals surface area contributed by atoms with Crippen LogP contribution in [0.2, 0.25) is 0 Å². The van der Waals surface area contributed by atoms with Crippen LogP contribution in [0.1, 0.15) is 92.9 Å². The first-order chi connectivity index (χ1) is 20.1. The highest BCUT2D eigenvalue weighted by Crippen LogP contribution is 2.75. The van der Waals surface area contributed by atoms with E-state index in [1.165, 1.54) is 12.7 Å². The minimum atomic E-state index is -0.668. The van der Waals surface area contributed by atoms with Crippen molar-refractivity contribution in [2.45, 2.75) is 104 Å². The summed E-state index contributed by atoms with van der Waals surface area (Å²) in [7, 11) is 1.36. The number of methoxy groups -OCH3 is 1. The molecule has 7 nitrogen and oxygen atoms in total. The van der Waals surface area contributed by atoms with E-state index in [0.717, 1.165) is 61.8 Å². The van der Waals surface area contributed by atoms with Crippen LogP contribution in [0.5, 0.6) is 0 Å². The highest BCUT2D eigenvalue weighted by atomic mass is 32.2. The summed E-state index contributed by atoms with van der Waals surface area (Å²) in [6.07, 6.45) is 15.6. The first-order valence-electron chi connectivity index (χ1n) is 15.8. The van der Waals surface area contributed by atoms with Crippen LogP contribution in [0.4, 0.5) is 4.79 Å². The lowest BCUT2D eigenvalue weighted by molar-refractivity contribution is -0.152. The van der Waals surface area contributed by atoms with Gasteiger partial charge in [0, 0.05) is 16.5 Å². The number of ketones is 1. The summed E-state index contributed by atoms with van der Waals surface area (Å²) < 4.78 is 4.96. The molecule has 236 valence electrons. The molecule has 0 aromatic heterocycles. The molecule has 0 spiro atoms. The van der Waals surface area contributed by atoms with Crippen LogP contribution in [-0.4, -0.2) is 53.6 Å². The fourth-order valence-corrected chi connectivity index (χ4v) is 10.1. The lowest BCUT2D eigenvalue weighted by Crippen LogP contribution is -2.65. The Morgan fingerprint density at radius 1 is 1.07 bits per heavy atom. The predicted molar refractivity (Wildman–Crippen MR) is 172 cm³/mol. The second kappa shape index (κ2) is 10.8. The minimum absolute atomic E-state index is 0.00428. The Hall–Kier alpha value is -2.48. The Kier molecular flexibility index (Phi) is 8.06. The molecule has 5 rings (SSSR count). The molecule has 0 bridgehead atoms. The van der Waals surface area contributed by atoms with Crippen molar-refractivity contribution in [3.05, 3.63) is 46.3 Å². The molecule has 3 N–H and O–H groups in total. The van der Waals surface area contributed by atoms with Gasteiger partial charge >= 0.3 is 12.0 Å². The number of urea groups is 1. The monoisotopic (exact) mass is 610 g/mol. The van der Waals surface area contributed by atoms with Crippen LogP contribution in [0.25, 0.3) is 0 Å². The maximum Gasteiger partial charge on any atom is 0.328 e. The number of amides is 2. The normalized spacial score (nSPS) is 39.1. The molecule has 0 aromatic rings. The summed E-state index contributed by atoms with van der Waals surface area (Å²) in [6, 6.07) is -0.977. The van der Waals surface area contributed by atoms with E-state index in [0.29, 0.717) is 17.9 Å². The van der Waals surface area contributed by atoms with Crippen molar-refractivity contribution in [3.8, 4) is 0 Å². The van der Waals surface area contributed by atoms with Gasteiger partial charge in [-0.15, -0.1) is 0 Å². The van der Waals surface area contributed by atoms with Crippen molar-refractivity contribution < 1.29 is 24.2 Å². The highest BCUT2D eigenvalue weighted by molar-refractivity contribution is 7.98. The molecule has 7 atom stereocenters. The second-order valence-electron chi connectivity index (χ2n) is 15.1. The average Bonchev–Trinajstić information content (AvgIpc) is 2.96. The zero-order chi connectivity index (χ0) is 31.6. The molecule has 0 radical (unpaired) electrons. The van der Waals surface area contributed by atoms with Crippen molar-refractivity contribution in [1.29, 1.82) is 0 Å². The third-order valence-corrected chi connectivity index (χ3v) is 13.3. The number of fused-ring (bicyclic) bond motifs is 7. The molecular weight excluding hydrogens is 560 g/mol. The van der Waals surface area contributed by atoms with Crippen LogP contribution in [0, 0.1) is 27.6 Å². The summed E-state index contributed by atoms with van der Waals surface area (Å²) in [5.41, 5.74) is 3.53. The van der Waals surface area contributed by atoms with Crippen molar-refractivity contribution in [2.75, 3.05) is 19.1 Å². The number of aliphatic hydroxyl groups is 1. The SMILES string of the molecule is COC(=O)[C@H](CCSC)NC(=O)N[C@]1(C)CC[C@]2(C)CC[C@]3(C)C4=CC=C5C(=CC(=O)C(O)=C5C)[C@]4(C)CC[C@@]3(C)[C@@H]2C1. The number of esters is 1. The number of allylic oxidation sites excluding steroid dienone is 7. The van der Waals surface area contributed by atoms with E-state index in [1.54, 1.807) is 17.8 Å². The van der Waals surface area contributed by atoms with Gasteiger partial charge in [-0.25, -0.2) is 9.59 Å². The zero-order valence-electron chi connectivity index (χ0n) is 27.2. The number of nitrogens with one attached hydrogen (secondary N) is 2. The molecule has 5 aliphatic rings. The predicted octanol–water partition coefficient (Wildman–Crippen LogP) is 6.96. The van der Waals surface area contributed by atoms with Crippen LogP contribution in [-0.2, 0) is 14.3 Å². The Labute approximate surface area is 261 Å². The van der Waals surface area contributed by atoms with Crippen molar-refractivity contribution in [2.24, 2.45) is 27.6 Å². The van der Waals surface area contributed by atoms with Gasteiger partial charge in [0.15, 0.2) is 5.76 Å². The standard InChI is InChI=1S/C35H50N2O5S/c1-21-22-9-10-26-33(4,23(22)19-25(38)28(21)39)15-17-35(6)27-20-32(3,14-12-31(27,2)13-16-34(26,35)5)37-30(41)36-24(11-18-43-8)29(40)42-7/h9-10,19,24,27,39H,11-18,20H2,1-8H3,(H2,36,37,41)/t24-,27+,31+,32+,33-,34+,35-/m0/s1. The molecule has 3 fully saturated rings. The van der Waals surface area contributed by atoms with Crippen LogP contribution in [0.15, 0.2) is 46.3 Å². The van der Waals surface area contributed by atoms with Gasteiger partial charge in [-0.05, 0) is 117 Å². The minimum Gasteiger partial charge on any atom is -0.504 e. The van der Waals surface area contributed by atoms with Gasteiger partial charge in [0.2, 0.25) is 5.78 Å². The molecule has 43 heavy (non-hydrogen) atoms. The van der Waals surface area contributed by atoms with Gasteiger partial charge in [-0.1, -0.05) is 45.4 Å². The topological polar surface area (TPSA) is 105 Å². The van der Waals surface area contributed by atoms with Gasteiger partial charge in [-0.3, -0.25) is 4.79 Å². The number of rotatable bonds is 6. The zero-order valence-corrected chi connectivity index (χ0v) is 28.1. The molecule has 0 aliphatic heterocycles. The first-order valence-corrected chi connectivity index (χ1v) is 17.2. The summed E-state index contributed by atoms with van der Waals surface area (Å²) >= 11 is 1.63. The summed E-state index contributed by atoms with van der Waals surface area (Å²) in [5, 5.41) is 16.6. The third-order valence-electron chi connectivity index (χ3n) is 12.7. The fraction of sp³-hybridized carbons (Fsp3) is 0.686. The van der Waals surface area contributed by atoms with Crippen LogP contribution < -0.4 is 10.6 Å². The Morgan fingerprint density at radius 3 is 2.44 bits per heavy atom. The van der Waals surface area contributed by atoms with Crippen molar-refractivity contribution >= 4 is 29.5 Å². The summed E-state index contributed by atoms with van der Waals surface area (Å²) in [4.78, 5) is 38.4. The lowest BCUT2D eigenvalue weighted by atomic mass is 9.35. The maximum atomic E-state index is 13.3. The molecule has 2 amide bonds. The molecule has 8 heteroatoms. The number of carbonyl (C=O) groups excluding carboxylic acids is 3. The molecule has 0 aromatic carbocycles. The molecule has 3 saturated carbocycles. The van der Waals surface area contributed by atoms with E-state index < -0.39 is 17.6 Å². The number of aliphatic hydroxyl groups excluding tert-OH is 1.